The van der Waals surface area contributed by atoms with Crippen LogP contribution in [0.15, 0.2) is 0 Å². The molecular formula is C21H36NO2+. The molecule has 0 spiro atoms. The van der Waals surface area contributed by atoms with Gasteiger partial charge in [-0.15, -0.1) is 0 Å². The second-order valence-electron chi connectivity index (χ2n) is 9.81. The highest BCUT2D eigenvalue weighted by atomic mass is 16.6. The van der Waals surface area contributed by atoms with Crippen molar-refractivity contribution in [2.75, 3.05) is 26.7 Å². The molecule has 5 rings (SSSR count). The molecule has 1 heterocycles. The topological polar surface area (TPSA) is 26.3 Å². The quantitative estimate of drug-likeness (QED) is 0.557. The van der Waals surface area contributed by atoms with Gasteiger partial charge < -0.3 is 9.22 Å². The van der Waals surface area contributed by atoms with Gasteiger partial charge in [-0.25, -0.2) is 0 Å². The van der Waals surface area contributed by atoms with Crippen LogP contribution in [-0.4, -0.2) is 42.7 Å². The number of nitrogens with zero attached hydrogens (tertiary/aromatic N) is 1. The molecule has 3 heteroatoms. The highest BCUT2D eigenvalue weighted by Crippen LogP contribution is 2.61. The highest BCUT2D eigenvalue weighted by Gasteiger charge is 2.59. The average molecular weight is 335 g/mol. The lowest BCUT2D eigenvalue weighted by atomic mass is 9.49. The molecule has 4 saturated carbocycles. The molecular weight excluding hydrogens is 298 g/mol. The second-order valence-corrected chi connectivity index (χ2v) is 9.81. The highest BCUT2D eigenvalue weighted by molar-refractivity contribution is 5.66. The van der Waals surface area contributed by atoms with Gasteiger partial charge in [0.25, 0.3) is 0 Å². The Morgan fingerprint density at radius 2 is 1.58 bits per heavy atom. The van der Waals surface area contributed by atoms with Crippen molar-refractivity contribution in [1.82, 2.24) is 0 Å². The summed E-state index contributed by atoms with van der Waals surface area (Å²) in [7, 11) is 2.44. The number of rotatable bonds is 5. The molecule has 0 unspecified atom stereocenters. The van der Waals surface area contributed by atoms with Gasteiger partial charge in [0, 0.05) is 13.3 Å². The van der Waals surface area contributed by atoms with Crippen molar-refractivity contribution in [3.05, 3.63) is 0 Å². The van der Waals surface area contributed by atoms with Gasteiger partial charge in [0.15, 0.2) is 0 Å². The summed E-state index contributed by atoms with van der Waals surface area (Å²) in [5, 5.41) is 0. The summed E-state index contributed by atoms with van der Waals surface area (Å²) in [4.78, 5) is 11.9. The fourth-order valence-electron chi connectivity index (χ4n) is 7.11. The zero-order valence-corrected chi connectivity index (χ0v) is 15.8. The predicted octanol–water partition coefficient (Wildman–Crippen LogP) is 4.16. The standard InChI is InChI=1S/C21H36NO2/c1-16(23)24-21(7-6-10-22(2)8-4-3-5-9-22)19-12-17-11-18(14-19)15-20(21)13-17/h17-20H,3-15H2,1-2H3/q+1. The molecule has 0 aromatic carbocycles. The van der Waals surface area contributed by atoms with E-state index in [1.54, 1.807) is 6.92 Å². The van der Waals surface area contributed by atoms with E-state index in [1.807, 2.05) is 0 Å². The number of likely N-dealkylation sites (tertiary alicyclic amines) is 1. The molecule has 1 saturated heterocycles. The van der Waals surface area contributed by atoms with E-state index >= 15 is 0 Å². The Hall–Kier alpha value is -0.570. The minimum Gasteiger partial charge on any atom is -0.459 e. The van der Waals surface area contributed by atoms with E-state index in [9.17, 15) is 4.79 Å². The fourth-order valence-corrected chi connectivity index (χ4v) is 7.11. The maximum absolute atomic E-state index is 11.9. The number of hydrogen-bond acceptors (Lipinski definition) is 2. The predicted molar refractivity (Wildman–Crippen MR) is 95.4 cm³/mol. The van der Waals surface area contributed by atoms with Gasteiger partial charge in [0.05, 0.1) is 26.7 Å². The van der Waals surface area contributed by atoms with E-state index in [-0.39, 0.29) is 11.6 Å². The van der Waals surface area contributed by atoms with Crippen molar-refractivity contribution < 1.29 is 14.0 Å². The lowest BCUT2D eigenvalue weighted by molar-refractivity contribution is -0.914. The Morgan fingerprint density at radius 1 is 1.00 bits per heavy atom. The minimum absolute atomic E-state index is 0.0409. The first kappa shape index (κ1) is 16.9. The summed E-state index contributed by atoms with van der Waals surface area (Å²) in [5.74, 6) is 3.14. The van der Waals surface area contributed by atoms with Gasteiger partial charge in [0.1, 0.15) is 5.60 Å². The zero-order valence-electron chi connectivity index (χ0n) is 15.8. The van der Waals surface area contributed by atoms with Crippen molar-refractivity contribution in [3.8, 4) is 0 Å². The molecule has 24 heavy (non-hydrogen) atoms. The van der Waals surface area contributed by atoms with E-state index in [0.717, 1.165) is 18.3 Å². The van der Waals surface area contributed by atoms with Gasteiger partial charge in [-0.2, -0.15) is 0 Å². The van der Waals surface area contributed by atoms with Gasteiger partial charge in [-0.1, -0.05) is 0 Å². The SMILES string of the molecule is CC(=O)OC1(CCC[N+]2(C)CCCCC2)C2CC3CC(C2)CC1C3. The normalized spacial score (nSPS) is 42.9. The van der Waals surface area contributed by atoms with E-state index in [2.05, 4.69) is 7.05 Å². The third-order valence-electron chi connectivity index (χ3n) is 8.02. The number of ether oxygens (including phenoxy) is 1. The fraction of sp³-hybridized carbons (Fsp3) is 0.952. The molecule has 3 nitrogen and oxygen atoms in total. The maximum atomic E-state index is 11.9. The van der Waals surface area contributed by atoms with Crippen LogP contribution in [0.2, 0.25) is 0 Å². The first-order valence-electron chi connectivity index (χ1n) is 10.5. The maximum Gasteiger partial charge on any atom is 0.303 e. The third kappa shape index (κ3) is 3.02. The summed E-state index contributed by atoms with van der Waals surface area (Å²) in [6, 6.07) is 0. The smallest absolute Gasteiger partial charge is 0.303 e. The molecule has 0 atom stereocenters. The van der Waals surface area contributed by atoms with Crippen molar-refractivity contribution in [2.24, 2.45) is 23.7 Å². The van der Waals surface area contributed by atoms with Gasteiger partial charge in [0.2, 0.25) is 0 Å². The number of carbonyl (C=O) groups is 1. The van der Waals surface area contributed by atoms with Crippen molar-refractivity contribution in [3.63, 3.8) is 0 Å². The summed E-state index contributed by atoms with van der Waals surface area (Å²) >= 11 is 0. The molecule has 0 radical (unpaired) electrons. The van der Waals surface area contributed by atoms with Crippen LogP contribution in [0.4, 0.5) is 0 Å². The van der Waals surface area contributed by atoms with Crippen LogP contribution in [0.1, 0.15) is 71.1 Å². The minimum atomic E-state index is -0.103. The van der Waals surface area contributed by atoms with Gasteiger partial charge >= 0.3 is 5.97 Å². The number of piperidine rings is 1. The molecule has 1 aliphatic heterocycles. The van der Waals surface area contributed by atoms with Crippen LogP contribution >= 0.6 is 0 Å². The Kier molecular flexibility index (Phi) is 4.43. The molecule has 5 aliphatic rings. The Bertz CT molecular complexity index is 452. The number of hydrogen-bond donors (Lipinski definition) is 0. The first-order valence-corrected chi connectivity index (χ1v) is 10.5. The molecule has 0 amide bonds. The number of esters is 1. The first-order chi connectivity index (χ1) is 11.5. The molecule has 4 aliphatic carbocycles. The lowest BCUT2D eigenvalue weighted by Gasteiger charge is -2.60. The zero-order chi connectivity index (χ0) is 16.8. The Labute approximate surface area is 147 Å². The summed E-state index contributed by atoms with van der Waals surface area (Å²) in [5.41, 5.74) is -0.103. The Morgan fingerprint density at radius 3 is 2.12 bits per heavy atom. The van der Waals surface area contributed by atoms with Crippen LogP contribution in [0.5, 0.6) is 0 Å². The second kappa shape index (κ2) is 6.30. The molecule has 0 aromatic rings. The van der Waals surface area contributed by atoms with Gasteiger partial charge in [-0.3, -0.25) is 4.79 Å². The van der Waals surface area contributed by atoms with Crippen LogP contribution in [0.25, 0.3) is 0 Å². The van der Waals surface area contributed by atoms with E-state index in [1.165, 1.54) is 81.9 Å². The van der Waals surface area contributed by atoms with Crippen LogP contribution < -0.4 is 0 Å². The van der Waals surface area contributed by atoms with Crippen LogP contribution in [0.3, 0.4) is 0 Å². The van der Waals surface area contributed by atoms with Crippen molar-refractivity contribution in [2.45, 2.75) is 76.7 Å². The summed E-state index contributed by atoms with van der Waals surface area (Å²) in [6.07, 6.45) is 13.3. The average Bonchev–Trinajstić information content (AvgIpc) is 2.51. The van der Waals surface area contributed by atoms with Crippen molar-refractivity contribution >= 4 is 5.97 Å². The van der Waals surface area contributed by atoms with E-state index in [4.69, 9.17) is 4.74 Å². The van der Waals surface area contributed by atoms with E-state index < -0.39 is 0 Å². The van der Waals surface area contributed by atoms with Gasteiger partial charge in [-0.05, 0) is 81.5 Å². The molecule has 136 valence electrons. The van der Waals surface area contributed by atoms with Crippen LogP contribution in [0, 0.1) is 23.7 Å². The number of carbonyl (C=O) groups excluding carboxylic acids is 1. The lowest BCUT2D eigenvalue weighted by Crippen LogP contribution is -2.60. The Balaban J connectivity index is 1.45. The third-order valence-corrected chi connectivity index (χ3v) is 8.02. The molecule has 4 bridgehead atoms. The summed E-state index contributed by atoms with van der Waals surface area (Å²) in [6.45, 7) is 5.59. The van der Waals surface area contributed by atoms with Crippen LogP contribution in [-0.2, 0) is 9.53 Å². The monoisotopic (exact) mass is 334 g/mol. The largest absolute Gasteiger partial charge is 0.459 e. The number of quaternary nitrogens is 1. The van der Waals surface area contributed by atoms with Crippen molar-refractivity contribution in [1.29, 1.82) is 0 Å². The summed E-state index contributed by atoms with van der Waals surface area (Å²) < 4.78 is 7.44. The molecule has 5 fully saturated rings. The molecule has 0 aromatic heterocycles. The molecule has 0 N–H and O–H groups in total. The van der Waals surface area contributed by atoms with E-state index in [0.29, 0.717) is 11.8 Å².